The summed E-state index contributed by atoms with van der Waals surface area (Å²) in [5.41, 5.74) is 3.01. The highest BCUT2D eigenvalue weighted by atomic mass is 19.2. The summed E-state index contributed by atoms with van der Waals surface area (Å²) in [6.07, 6.45) is 12.2. The van der Waals surface area contributed by atoms with Crippen LogP contribution in [-0.4, -0.2) is 0 Å². The Balaban J connectivity index is 1.38. The summed E-state index contributed by atoms with van der Waals surface area (Å²) in [5, 5.41) is 2.35. The lowest BCUT2D eigenvalue weighted by Gasteiger charge is -2.28. The van der Waals surface area contributed by atoms with E-state index in [1.165, 1.54) is 74.4 Å². The van der Waals surface area contributed by atoms with E-state index in [9.17, 15) is 8.78 Å². The lowest BCUT2D eigenvalue weighted by atomic mass is 9.78. The number of hydrogen-bond acceptors (Lipinski definition) is 0. The molecule has 0 aromatic heterocycles. The molecule has 4 rings (SSSR count). The van der Waals surface area contributed by atoms with E-state index in [4.69, 9.17) is 0 Å². The Morgan fingerprint density at radius 1 is 0.700 bits per heavy atom. The highest BCUT2D eigenvalue weighted by molar-refractivity contribution is 5.87. The molecule has 0 radical (unpaired) electrons. The van der Waals surface area contributed by atoms with Crippen LogP contribution in [0.15, 0.2) is 54.6 Å². The Labute approximate surface area is 179 Å². The van der Waals surface area contributed by atoms with Gasteiger partial charge >= 0.3 is 0 Å². The maximum absolute atomic E-state index is 13.6. The normalized spacial score (nSPS) is 19.3. The maximum Gasteiger partial charge on any atom is 0.159 e. The summed E-state index contributed by atoms with van der Waals surface area (Å²) < 4.78 is 26.8. The van der Waals surface area contributed by atoms with Gasteiger partial charge in [-0.3, -0.25) is 0 Å². The van der Waals surface area contributed by atoms with Crippen LogP contribution < -0.4 is 0 Å². The fourth-order valence-electron chi connectivity index (χ4n) is 4.98. The van der Waals surface area contributed by atoms with Gasteiger partial charge in [-0.15, -0.1) is 0 Å². The first-order valence-corrected chi connectivity index (χ1v) is 11.6. The average molecular weight is 407 g/mol. The van der Waals surface area contributed by atoms with Gasteiger partial charge in [0.1, 0.15) is 0 Å². The van der Waals surface area contributed by atoms with Gasteiger partial charge in [0.2, 0.25) is 0 Å². The van der Waals surface area contributed by atoms with Crippen molar-refractivity contribution < 1.29 is 8.78 Å². The number of aryl methyl sites for hydroxylation is 1. The number of benzene rings is 3. The van der Waals surface area contributed by atoms with Crippen molar-refractivity contribution in [1.29, 1.82) is 0 Å². The summed E-state index contributed by atoms with van der Waals surface area (Å²) in [5.74, 6) is 0.251. The van der Waals surface area contributed by atoms with Gasteiger partial charge in [0.25, 0.3) is 0 Å². The molecule has 0 nitrogen and oxygen atoms in total. The number of hydrogen-bond donors (Lipinski definition) is 0. The quantitative estimate of drug-likeness (QED) is 0.368. The summed E-state index contributed by atoms with van der Waals surface area (Å²) in [4.78, 5) is 0. The van der Waals surface area contributed by atoms with Crippen LogP contribution in [0.25, 0.3) is 21.9 Å². The second-order valence-corrected chi connectivity index (χ2v) is 9.09. The van der Waals surface area contributed by atoms with Gasteiger partial charge in [-0.25, -0.2) is 8.78 Å². The fraction of sp³-hybridized carbons (Fsp3) is 0.429. The van der Waals surface area contributed by atoms with Crippen LogP contribution in [0.1, 0.15) is 63.9 Å². The summed E-state index contributed by atoms with van der Waals surface area (Å²) in [6.45, 7) is 2.29. The highest BCUT2D eigenvalue weighted by Gasteiger charge is 2.20. The number of fused-ring (bicyclic) bond motifs is 1. The molecule has 1 fully saturated rings. The largest absolute Gasteiger partial charge is 0.204 e. The molecule has 0 unspecified atom stereocenters. The zero-order valence-electron chi connectivity index (χ0n) is 18.0. The van der Waals surface area contributed by atoms with E-state index < -0.39 is 11.6 Å². The minimum atomic E-state index is -0.807. The molecule has 158 valence electrons. The van der Waals surface area contributed by atoms with Crippen molar-refractivity contribution in [3.05, 3.63) is 71.8 Å². The summed E-state index contributed by atoms with van der Waals surface area (Å²) in [7, 11) is 0. The molecular weight excluding hydrogens is 374 g/mol. The molecule has 0 atom stereocenters. The Morgan fingerprint density at radius 3 is 2.07 bits per heavy atom. The minimum Gasteiger partial charge on any atom is -0.204 e. The van der Waals surface area contributed by atoms with Crippen molar-refractivity contribution in [2.75, 3.05) is 0 Å². The smallest absolute Gasteiger partial charge is 0.159 e. The molecule has 0 N–H and O–H groups in total. The van der Waals surface area contributed by atoms with Crippen LogP contribution >= 0.6 is 0 Å². The van der Waals surface area contributed by atoms with E-state index >= 15 is 0 Å². The Bertz CT molecular complexity index is 983. The van der Waals surface area contributed by atoms with Gasteiger partial charge in [0, 0.05) is 0 Å². The molecule has 0 heterocycles. The molecule has 0 bridgehead atoms. The molecular formula is C28H32F2. The van der Waals surface area contributed by atoms with Crippen molar-refractivity contribution in [1.82, 2.24) is 0 Å². The Hall–Kier alpha value is -2.22. The molecule has 1 aliphatic rings. The Morgan fingerprint density at radius 2 is 1.33 bits per heavy atom. The molecule has 0 saturated heterocycles. The highest BCUT2D eigenvalue weighted by Crippen LogP contribution is 2.34. The second-order valence-electron chi connectivity index (χ2n) is 9.09. The van der Waals surface area contributed by atoms with Gasteiger partial charge in [-0.2, -0.15) is 0 Å². The van der Waals surface area contributed by atoms with Crippen LogP contribution in [0, 0.1) is 23.5 Å². The molecule has 3 aromatic rings. The van der Waals surface area contributed by atoms with Crippen LogP contribution in [-0.2, 0) is 6.42 Å². The first-order valence-electron chi connectivity index (χ1n) is 11.6. The monoisotopic (exact) mass is 406 g/mol. The molecule has 1 aliphatic carbocycles. The van der Waals surface area contributed by atoms with Crippen molar-refractivity contribution >= 4 is 10.8 Å². The molecule has 0 amide bonds. The third-order valence-corrected chi connectivity index (χ3v) is 6.93. The van der Waals surface area contributed by atoms with Crippen LogP contribution in [0.5, 0.6) is 0 Å². The van der Waals surface area contributed by atoms with Crippen LogP contribution in [0.3, 0.4) is 0 Å². The van der Waals surface area contributed by atoms with Gasteiger partial charge < -0.3 is 0 Å². The van der Waals surface area contributed by atoms with E-state index in [2.05, 4.69) is 37.3 Å². The van der Waals surface area contributed by atoms with E-state index in [-0.39, 0.29) is 0 Å². The molecule has 0 spiro atoms. The van der Waals surface area contributed by atoms with Crippen molar-refractivity contribution in [2.24, 2.45) is 11.8 Å². The molecule has 30 heavy (non-hydrogen) atoms. The maximum atomic E-state index is 13.6. The van der Waals surface area contributed by atoms with E-state index in [1.54, 1.807) is 6.07 Å². The van der Waals surface area contributed by atoms with Crippen LogP contribution in [0.2, 0.25) is 0 Å². The standard InChI is InChI=1S/C28H32F2/c1-2-3-4-20-5-7-21(8-6-20)9-10-22-11-12-24-18-25(14-13-23(24)17-22)26-15-16-27(29)28(30)19-26/h11-21H,2-10H2,1H3. The molecule has 0 aliphatic heterocycles. The summed E-state index contributed by atoms with van der Waals surface area (Å²) >= 11 is 0. The van der Waals surface area contributed by atoms with E-state index in [0.717, 1.165) is 29.2 Å². The van der Waals surface area contributed by atoms with E-state index in [1.807, 2.05) is 6.07 Å². The van der Waals surface area contributed by atoms with Crippen molar-refractivity contribution in [3.63, 3.8) is 0 Å². The number of unbranched alkanes of at least 4 members (excludes halogenated alkanes) is 1. The zero-order chi connectivity index (χ0) is 20.9. The van der Waals surface area contributed by atoms with Gasteiger partial charge in [-0.1, -0.05) is 88.3 Å². The lowest BCUT2D eigenvalue weighted by molar-refractivity contribution is 0.250. The third kappa shape index (κ3) is 5.09. The number of halogens is 2. The van der Waals surface area contributed by atoms with Crippen molar-refractivity contribution in [2.45, 2.75) is 64.7 Å². The molecule has 2 heteroatoms. The summed E-state index contributed by atoms with van der Waals surface area (Å²) in [6, 6.07) is 16.9. The Kier molecular flexibility index (Phi) is 6.82. The van der Waals surface area contributed by atoms with Gasteiger partial charge in [0.15, 0.2) is 11.6 Å². The number of rotatable bonds is 7. The van der Waals surface area contributed by atoms with E-state index in [0.29, 0.717) is 5.56 Å². The predicted molar refractivity (Wildman–Crippen MR) is 123 cm³/mol. The minimum absolute atomic E-state index is 0.703. The molecule has 1 saturated carbocycles. The van der Waals surface area contributed by atoms with Crippen LogP contribution in [0.4, 0.5) is 8.78 Å². The second kappa shape index (κ2) is 9.73. The first-order chi connectivity index (χ1) is 14.6. The zero-order valence-corrected chi connectivity index (χ0v) is 18.0. The fourth-order valence-corrected chi connectivity index (χ4v) is 4.98. The first kappa shape index (κ1) is 21.0. The molecule has 3 aromatic carbocycles. The third-order valence-electron chi connectivity index (χ3n) is 6.93. The van der Waals surface area contributed by atoms with Gasteiger partial charge in [-0.05, 0) is 70.3 Å². The SMILES string of the molecule is CCCCC1CCC(CCc2ccc3cc(-c4ccc(F)c(F)c4)ccc3c2)CC1. The van der Waals surface area contributed by atoms with Gasteiger partial charge in [0.05, 0.1) is 0 Å². The lowest BCUT2D eigenvalue weighted by Crippen LogP contribution is -2.15. The predicted octanol–water partition coefficient (Wildman–Crippen LogP) is 8.71. The van der Waals surface area contributed by atoms with Crippen molar-refractivity contribution in [3.8, 4) is 11.1 Å². The average Bonchev–Trinajstić information content (AvgIpc) is 2.78. The topological polar surface area (TPSA) is 0 Å².